The molecule has 0 atom stereocenters. The van der Waals surface area contributed by atoms with Crippen molar-refractivity contribution >= 4 is 0 Å². The maximum Gasteiger partial charge on any atom is 0.0919 e. The summed E-state index contributed by atoms with van der Waals surface area (Å²) in [4.78, 5) is 10.8. The van der Waals surface area contributed by atoms with E-state index in [-0.39, 0.29) is 6.04 Å². The number of nitroso groups, excluding NO2 is 1. The average Bonchev–Trinajstić information content (AvgIpc) is 2.44. The van der Waals surface area contributed by atoms with Gasteiger partial charge in [-0.1, -0.05) is 95.1 Å². The first kappa shape index (κ1) is 16.7. The molecule has 2 heteroatoms. The summed E-state index contributed by atoms with van der Waals surface area (Å²) in [5, 5.41) is 3.32. The number of nitrogens with zero attached hydrogens (tertiary/aromatic N) is 1. The molecule has 0 bridgehead atoms. The molecule has 1 aliphatic rings. The second-order valence-electron chi connectivity index (χ2n) is 6.29. The fourth-order valence-corrected chi connectivity index (χ4v) is 3.13. The predicted molar refractivity (Wildman–Crippen MR) is 83.5 cm³/mol. The minimum absolute atomic E-state index is 0.107. The van der Waals surface area contributed by atoms with Gasteiger partial charge in [0.25, 0.3) is 0 Å². The van der Waals surface area contributed by atoms with Gasteiger partial charge in [-0.05, 0) is 12.8 Å². The number of hydrogen-bond acceptors (Lipinski definition) is 2. The largest absolute Gasteiger partial charge is 0.151 e. The minimum Gasteiger partial charge on any atom is -0.151 e. The smallest absolute Gasteiger partial charge is 0.0919 e. The molecule has 19 heavy (non-hydrogen) atoms. The van der Waals surface area contributed by atoms with Crippen LogP contribution >= 0.6 is 0 Å². The Morgan fingerprint density at radius 3 is 1.00 bits per heavy atom. The predicted octanol–water partition coefficient (Wildman–Crippen LogP) is 6.38. The lowest BCUT2D eigenvalue weighted by Gasteiger charge is -2.08. The highest BCUT2D eigenvalue weighted by Gasteiger charge is 2.08. The Balaban J connectivity index is 2.17. The fourth-order valence-electron chi connectivity index (χ4n) is 3.13. The van der Waals surface area contributed by atoms with Crippen molar-refractivity contribution in [2.45, 2.75) is 109 Å². The molecular formula is C17H33NO. The topological polar surface area (TPSA) is 29.4 Å². The van der Waals surface area contributed by atoms with E-state index in [4.69, 9.17) is 0 Å². The van der Waals surface area contributed by atoms with Crippen molar-refractivity contribution < 1.29 is 0 Å². The van der Waals surface area contributed by atoms with E-state index in [2.05, 4.69) is 5.18 Å². The van der Waals surface area contributed by atoms with Crippen LogP contribution in [0.4, 0.5) is 0 Å². The van der Waals surface area contributed by atoms with Gasteiger partial charge in [-0.15, -0.1) is 0 Å². The Hall–Kier alpha value is -0.400. The zero-order valence-electron chi connectivity index (χ0n) is 12.7. The molecule has 0 aromatic carbocycles. The Labute approximate surface area is 119 Å². The number of hydrogen-bond donors (Lipinski definition) is 0. The van der Waals surface area contributed by atoms with Crippen molar-refractivity contribution in [3.63, 3.8) is 0 Å². The average molecular weight is 267 g/mol. The van der Waals surface area contributed by atoms with Gasteiger partial charge in [-0.2, -0.15) is 4.91 Å². The van der Waals surface area contributed by atoms with E-state index < -0.39 is 0 Å². The summed E-state index contributed by atoms with van der Waals surface area (Å²) in [7, 11) is 0. The van der Waals surface area contributed by atoms with Crippen LogP contribution in [0.2, 0.25) is 0 Å². The molecule has 0 saturated heterocycles. The molecule has 0 aromatic heterocycles. The lowest BCUT2D eigenvalue weighted by molar-refractivity contribution is 0.485. The molecule has 0 heterocycles. The van der Waals surface area contributed by atoms with Crippen molar-refractivity contribution in [1.82, 2.24) is 0 Å². The zero-order valence-corrected chi connectivity index (χ0v) is 12.7. The summed E-state index contributed by atoms with van der Waals surface area (Å²) in [5.41, 5.74) is 0. The van der Waals surface area contributed by atoms with Gasteiger partial charge >= 0.3 is 0 Å². The van der Waals surface area contributed by atoms with Gasteiger partial charge in [0.2, 0.25) is 0 Å². The standard InChI is InChI=1S/C17H33NO/c19-18-17-15-13-11-9-7-5-3-1-2-4-6-8-10-12-14-16-17/h17H,1-16H2. The molecule has 0 unspecified atom stereocenters. The van der Waals surface area contributed by atoms with E-state index in [0.717, 1.165) is 12.8 Å². The molecule has 1 fully saturated rings. The molecule has 1 rings (SSSR count). The Morgan fingerprint density at radius 1 is 0.474 bits per heavy atom. The summed E-state index contributed by atoms with van der Waals surface area (Å²) in [6, 6.07) is 0.107. The Bertz CT molecular complexity index is 187. The molecule has 2 nitrogen and oxygen atoms in total. The maximum atomic E-state index is 10.8. The van der Waals surface area contributed by atoms with Crippen LogP contribution in [0.5, 0.6) is 0 Å². The van der Waals surface area contributed by atoms with Crippen LogP contribution in [0.15, 0.2) is 5.18 Å². The first-order valence-electron chi connectivity index (χ1n) is 8.76. The first-order valence-corrected chi connectivity index (χ1v) is 8.76. The second kappa shape index (κ2) is 12.6. The molecule has 1 aliphatic carbocycles. The third kappa shape index (κ3) is 10.1. The van der Waals surface area contributed by atoms with E-state index in [1.165, 1.54) is 89.9 Å². The van der Waals surface area contributed by atoms with Gasteiger partial charge in [0.05, 0.1) is 6.04 Å². The van der Waals surface area contributed by atoms with Crippen LogP contribution in [-0.2, 0) is 0 Å². The quantitative estimate of drug-likeness (QED) is 0.507. The highest BCUT2D eigenvalue weighted by Crippen LogP contribution is 2.18. The van der Waals surface area contributed by atoms with Crippen LogP contribution in [0.3, 0.4) is 0 Å². The van der Waals surface area contributed by atoms with Crippen molar-refractivity contribution in [1.29, 1.82) is 0 Å². The highest BCUT2D eigenvalue weighted by atomic mass is 16.3. The summed E-state index contributed by atoms with van der Waals surface area (Å²) in [6.07, 6.45) is 21.1. The van der Waals surface area contributed by atoms with E-state index in [0.29, 0.717) is 0 Å². The van der Waals surface area contributed by atoms with Gasteiger partial charge in [-0.3, -0.25) is 0 Å². The highest BCUT2D eigenvalue weighted by molar-refractivity contribution is 4.66. The van der Waals surface area contributed by atoms with Crippen molar-refractivity contribution in [2.24, 2.45) is 5.18 Å². The van der Waals surface area contributed by atoms with Crippen LogP contribution in [0.25, 0.3) is 0 Å². The SMILES string of the molecule is O=NC1CCCCCCCCCCCCCCCC1. The second-order valence-corrected chi connectivity index (χ2v) is 6.29. The Kier molecular flexibility index (Phi) is 11.1. The van der Waals surface area contributed by atoms with E-state index in [1.54, 1.807) is 0 Å². The summed E-state index contributed by atoms with van der Waals surface area (Å²) < 4.78 is 0. The molecule has 0 spiro atoms. The normalized spacial score (nSPS) is 23.6. The van der Waals surface area contributed by atoms with Gasteiger partial charge in [-0.25, -0.2) is 0 Å². The lowest BCUT2D eigenvalue weighted by atomic mass is 10.0. The maximum absolute atomic E-state index is 10.8. The van der Waals surface area contributed by atoms with Crippen LogP contribution in [0.1, 0.15) is 103 Å². The van der Waals surface area contributed by atoms with Crippen LogP contribution in [-0.4, -0.2) is 6.04 Å². The van der Waals surface area contributed by atoms with Crippen LogP contribution < -0.4 is 0 Å². The molecule has 0 aliphatic heterocycles. The van der Waals surface area contributed by atoms with Gasteiger partial charge in [0.1, 0.15) is 0 Å². The van der Waals surface area contributed by atoms with Gasteiger partial charge in [0, 0.05) is 0 Å². The van der Waals surface area contributed by atoms with Crippen molar-refractivity contribution in [2.75, 3.05) is 0 Å². The van der Waals surface area contributed by atoms with Crippen LogP contribution in [0, 0.1) is 4.91 Å². The Morgan fingerprint density at radius 2 is 0.737 bits per heavy atom. The third-order valence-electron chi connectivity index (χ3n) is 4.47. The summed E-state index contributed by atoms with van der Waals surface area (Å²) in [5.74, 6) is 0. The molecular weight excluding hydrogens is 234 g/mol. The fraction of sp³-hybridized carbons (Fsp3) is 1.00. The van der Waals surface area contributed by atoms with E-state index in [1.807, 2.05) is 0 Å². The van der Waals surface area contributed by atoms with E-state index in [9.17, 15) is 4.91 Å². The molecule has 0 aromatic rings. The van der Waals surface area contributed by atoms with Gasteiger partial charge < -0.3 is 0 Å². The zero-order chi connectivity index (χ0) is 13.6. The molecule has 0 N–H and O–H groups in total. The monoisotopic (exact) mass is 267 g/mol. The van der Waals surface area contributed by atoms with Gasteiger partial charge in [0.15, 0.2) is 0 Å². The number of rotatable bonds is 1. The minimum atomic E-state index is 0.107. The molecule has 0 radical (unpaired) electrons. The lowest BCUT2D eigenvalue weighted by Crippen LogP contribution is -2.03. The van der Waals surface area contributed by atoms with Crippen molar-refractivity contribution in [3.8, 4) is 0 Å². The summed E-state index contributed by atoms with van der Waals surface area (Å²) in [6.45, 7) is 0. The molecule has 1 saturated carbocycles. The van der Waals surface area contributed by atoms with Crippen molar-refractivity contribution in [3.05, 3.63) is 4.91 Å². The molecule has 112 valence electrons. The van der Waals surface area contributed by atoms with E-state index >= 15 is 0 Å². The third-order valence-corrected chi connectivity index (χ3v) is 4.47. The summed E-state index contributed by atoms with van der Waals surface area (Å²) >= 11 is 0. The molecule has 0 amide bonds. The first-order chi connectivity index (χ1) is 9.43.